The molecule has 0 saturated carbocycles. The molecule has 5 rings (SSSR count). The number of rotatable bonds is 10. The second-order valence-electron chi connectivity index (χ2n) is 11.2. The number of hydrogen-bond acceptors (Lipinski definition) is 5. The van der Waals surface area contributed by atoms with Gasteiger partial charge in [-0.3, -0.25) is 4.90 Å². The number of benzene rings is 1. The zero-order valence-electron chi connectivity index (χ0n) is 21.8. The van der Waals surface area contributed by atoms with Crippen LogP contribution in [0, 0.1) is 11.8 Å². The van der Waals surface area contributed by atoms with Gasteiger partial charge in [0.05, 0.1) is 12.2 Å². The van der Waals surface area contributed by atoms with E-state index in [1.807, 2.05) is 29.5 Å². The van der Waals surface area contributed by atoms with E-state index in [1.54, 1.807) is 0 Å². The fourth-order valence-electron chi connectivity index (χ4n) is 6.65. The molecule has 4 nitrogen and oxygen atoms in total. The number of thiophene rings is 1. The molecule has 2 aromatic rings. The first-order valence-electron chi connectivity index (χ1n) is 13.8. The minimum Gasteiger partial charge on any atom is -0.381 e. The van der Waals surface area contributed by atoms with Crippen molar-refractivity contribution in [2.75, 3.05) is 52.5 Å². The minimum atomic E-state index is -0.0157. The lowest BCUT2D eigenvalue weighted by molar-refractivity contribution is -0.116. The van der Waals surface area contributed by atoms with Crippen LogP contribution in [0.2, 0.25) is 10.0 Å². The smallest absolute Gasteiger partial charge is 0.0733 e. The first-order valence-corrected chi connectivity index (χ1v) is 15.5. The average molecular weight is 564 g/mol. The summed E-state index contributed by atoms with van der Waals surface area (Å²) in [6.45, 7) is 12.8. The molecule has 37 heavy (non-hydrogen) atoms. The summed E-state index contributed by atoms with van der Waals surface area (Å²) in [7, 11) is 0. The second-order valence-corrected chi connectivity index (χ2v) is 12.8. The Morgan fingerprint density at radius 3 is 2.62 bits per heavy atom. The van der Waals surface area contributed by atoms with Gasteiger partial charge in [0.15, 0.2) is 0 Å². The third-order valence-electron chi connectivity index (χ3n) is 8.67. The molecule has 7 heteroatoms. The van der Waals surface area contributed by atoms with Crippen LogP contribution in [0.15, 0.2) is 47.7 Å². The van der Waals surface area contributed by atoms with Crippen molar-refractivity contribution in [3.63, 3.8) is 0 Å². The summed E-state index contributed by atoms with van der Waals surface area (Å²) in [5, 5.41) is 6.03. The number of likely N-dealkylation sites (tertiary alicyclic amines) is 2. The lowest BCUT2D eigenvalue weighted by Gasteiger charge is -2.42. The highest BCUT2D eigenvalue weighted by atomic mass is 35.5. The normalized spacial score (nSPS) is 25.5. The van der Waals surface area contributed by atoms with Crippen LogP contribution in [0.25, 0.3) is 0 Å². The Bertz CT molecular complexity index is 1000. The van der Waals surface area contributed by atoms with E-state index < -0.39 is 0 Å². The number of hydrogen-bond donors (Lipinski definition) is 0. The van der Waals surface area contributed by atoms with Crippen LogP contribution in [0.4, 0.5) is 0 Å². The summed E-state index contributed by atoms with van der Waals surface area (Å²) in [5.74, 6) is 1.95. The average Bonchev–Trinajstić information content (AvgIpc) is 3.56. The molecule has 0 N–H and O–H groups in total. The minimum absolute atomic E-state index is 0.0157. The highest BCUT2D eigenvalue weighted by Gasteiger charge is 2.39. The van der Waals surface area contributed by atoms with E-state index in [2.05, 4.69) is 39.3 Å². The first-order chi connectivity index (χ1) is 18.0. The molecule has 0 amide bonds. The maximum atomic E-state index is 6.52. The molecule has 0 spiro atoms. The summed E-state index contributed by atoms with van der Waals surface area (Å²) in [4.78, 5) is 5.31. The third-order valence-corrected chi connectivity index (χ3v) is 9.96. The van der Waals surface area contributed by atoms with E-state index in [0.717, 1.165) is 68.6 Å². The molecule has 0 bridgehead atoms. The predicted molar refractivity (Wildman–Crippen MR) is 155 cm³/mol. The number of halogens is 2. The summed E-state index contributed by atoms with van der Waals surface area (Å²) in [6.07, 6.45) is 7.60. The Labute approximate surface area is 236 Å². The van der Waals surface area contributed by atoms with Gasteiger partial charge in [-0.25, -0.2) is 0 Å². The van der Waals surface area contributed by atoms with Crippen LogP contribution in [-0.2, 0) is 16.0 Å². The summed E-state index contributed by atoms with van der Waals surface area (Å²) in [6, 6.07) is 8.21. The highest BCUT2D eigenvalue weighted by molar-refractivity contribution is 7.08. The third kappa shape index (κ3) is 7.19. The Balaban J connectivity index is 1.17. The van der Waals surface area contributed by atoms with Crippen molar-refractivity contribution in [3.8, 4) is 0 Å². The lowest BCUT2D eigenvalue weighted by atomic mass is 9.80. The molecule has 0 radical (unpaired) electrons. The van der Waals surface area contributed by atoms with E-state index in [-0.39, 0.29) is 5.60 Å². The van der Waals surface area contributed by atoms with E-state index in [9.17, 15) is 0 Å². The molecule has 3 saturated heterocycles. The Hall–Kier alpha value is -0.920. The number of piperidine rings is 1. The molecule has 4 heterocycles. The number of nitrogens with zero attached hydrogens (tertiary/aromatic N) is 2. The van der Waals surface area contributed by atoms with Crippen LogP contribution < -0.4 is 0 Å². The quantitative estimate of drug-likeness (QED) is 0.287. The van der Waals surface area contributed by atoms with Gasteiger partial charge in [0, 0.05) is 55.4 Å². The van der Waals surface area contributed by atoms with Crippen molar-refractivity contribution in [2.45, 2.75) is 50.2 Å². The van der Waals surface area contributed by atoms with Gasteiger partial charge in [-0.15, -0.1) is 6.58 Å². The molecular weight excluding hydrogens is 523 g/mol. The summed E-state index contributed by atoms with van der Waals surface area (Å²) < 4.78 is 12.0. The number of ether oxygens (including phenoxy) is 2. The van der Waals surface area contributed by atoms with E-state index in [1.165, 1.54) is 38.0 Å². The molecule has 0 aliphatic carbocycles. The molecule has 3 fully saturated rings. The molecule has 202 valence electrons. The second kappa shape index (κ2) is 13.0. The Morgan fingerprint density at radius 2 is 1.92 bits per heavy atom. The lowest BCUT2D eigenvalue weighted by Crippen LogP contribution is -2.44. The molecule has 3 aliphatic rings. The topological polar surface area (TPSA) is 24.9 Å². The van der Waals surface area contributed by atoms with Crippen LogP contribution in [0.1, 0.15) is 49.1 Å². The van der Waals surface area contributed by atoms with Crippen molar-refractivity contribution in [1.29, 1.82) is 0 Å². The van der Waals surface area contributed by atoms with E-state index in [0.29, 0.717) is 23.5 Å². The van der Waals surface area contributed by atoms with Crippen molar-refractivity contribution < 1.29 is 9.47 Å². The molecular formula is C30H40Cl2N2O2S. The van der Waals surface area contributed by atoms with Gasteiger partial charge in [0.2, 0.25) is 0 Å². The van der Waals surface area contributed by atoms with Gasteiger partial charge >= 0.3 is 0 Å². The zero-order chi connectivity index (χ0) is 25.7. The zero-order valence-corrected chi connectivity index (χ0v) is 24.1. The van der Waals surface area contributed by atoms with Gasteiger partial charge in [0.25, 0.3) is 0 Å². The monoisotopic (exact) mass is 562 g/mol. The van der Waals surface area contributed by atoms with E-state index in [4.69, 9.17) is 32.7 Å². The van der Waals surface area contributed by atoms with Gasteiger partial charge in [0.1, 0.15) is 0 Å². The van der Waals surface area contributed by atoms with Crippen LogP contribution in [-0.4, -0.2) is 67.9 Å². The van der Waals surface area contributed by atoms with E-state index >= 15 is 0 Å². The van der Waals surface area contributed by atoms with Gasteiger partial charge in [-0.2, -0.15) is 11.3 Å². The molecule has 1 aromatic carbocycles. The highest BCUT2D eigenvalue weighted by Crippen LogP contribution is 2.39. The Morgan fingerprint density at radius 1 is 1.11 bits per heavy atom. The maximum Gasteiger partial charge on any atom is 0.0733 e. The van der Waals surface area contributed by atoms with Crippen LogP contribution in [0.3, 0.4) is 0 Å². The van der Waals surface area contributed by atoms with Crippen molar-refractivity contribution in [1.82, 2.24) is 9.80 Å². The summed E-state index contributed by atoms with van der Waals surface area (Å²) in [5.41, 5.74) is 2.64. The van der Waals surface area contributed by atoms with Crippen molar-refractivity contribution in [2.24, 2.45) is 11.8 Å². The fraction of sp³-hybridized carbons (Fsp3) is 0.600. The summed E-state index contributed by atoms with van der Waals surface area (Å²) >= 11 is 14.5. The SMILES string of the molecule is C=CCOC1(CC2CCN(CC3CN(Cc4ccc(Cl)cc4Cl)CC3c3ccsc3)CC2)CCOCC1. The van der Waals surface area contributed by atoms with Gasteiger partial charge in [-0.05, 0) is 97.1 Å². The first kappa shape index (κ1) is 27.6. The molecule has 2 atom stereocenters. The predicted octanol–water partition coefficient (Wildman–Crippen LogP) is 7.12. The van der Waals surface area contributed by atoms with Crippen molar-refractivity contribution >= 4 is 34.5 Å². The van der Waals surface area contributed by atoms with Crippen LogP contribution >= 0.6 is 34.5 Å². The Kier molecular flexibility index (Phi) is 9.68. The van der Waals surface area contributed by atoms with Gasteiger partial charge in [-0.1, -0.05) is 35.3 Å². The van der Waals surface area contributed by atoms with Crippen LogP contribution in [0.5, 0.6) is 0 Å². The molecule has 1 aromatic heterocycles. The maximum absolute atomic E-state index is 6.52. The molecule has 2 unspecified atom stereocenters. The van der Waals surface area contributed by atoms with Gasteiger partial charge < -0.3 is 14.4 Å². The largest absolute Gasteiger partial charge is 0.381 e. The fourth-order valence-corrected chi connectivity index (χ4v) is 7.84. The molecule has 3 aliphatic heterocycles. The van der Waals surface area contributed by atoms with Crippen molar-refractivity contribution in [3.05, 3.63) is 68.9 Å². The standard InChI is InChI=1S/C30H40Cl2N2O2S/c1-2-12-36-30(8-13-35-14-9-30)17-23-5-10-33(11-6-23)19-26-20-34(21-28(26)25-7-15-37-22-25)18-24-3-4-27(31)16-29(24)32/h2-4,7,15-16,22-23,26,28H,1,5-6,8-14,17-21H2.